The molecule has 8 aromatic rings. The molecule has 0 aliphatic carbocycles. The molecule has 8 aromatic carbocycles. The van der Waals surface area contributed by atoms with E-state index in [0.717, 1.165) is 0 Å². The third kappa shape index (κ3) is 21.3. The van der Waals surface area contributed by atoms with Gasteiger partial charge in [-0.25, -0.2) is 0 Å². The third-order valence-corrected chi connectivity index (χ3v) is 9.95. The average Bonchev–Trinajstić information content (AvgIpc) is 3.95. The number of fused-ring (bicyclic) bond motifs is 4. The molecule has 0 bridgehead atoms. The molecule has 0 amide bonds. The van der Waals surface area contributed by atoms with Gasteiger partial charge in [0.1, 0.15) is 0 Å². The maximum atomic E-state index is 2.31. The van der Waals surface area contributed by atoms with Crippen molar-refractivity contribution in [3.63, 3.8) is 0 Å². The van der Waals surface area contributed by atoms with E-state index < -0.39 is 0 Å². The molecule has 0 aromatic heterocycles. The minimum Gasteiger partial charge on any atom is -0.147 e. The molecule has 0 spiro atoms. The van der Waals surface area contributed by atoms with E-state index in [1.165, 1.54) is 65.3 Å². The van der Waals surface area contributed by atoms with Crippen LogP contribution >= 0.6 is 49.6 Å². The first-order valence-electron chi connectivity index (χ1n) is 21.4. The standard InChI is InChI=1S/4C13H15.2C2H6Si.4ClH.2Zr/c2*1-13(2,3)12-8-10-6-4-5-7-11(10)9-12;2*1-13(2,3)12-9-8-10-6-4-5-7-11(10)12;2*1-3-2;;;;;;/h4*4-9H,1-3H3;2*1-2H3;4*1H;;/q4*-1;;;;;;;2*+2. The van der Waals surface area contributed by atoms with Crippen molar-refractivity contribution in [1.29, 1.82) is 0 Å². The average molecular weight is 1130 g/mol. The summed E-state index contributed by atoms with van der Waals surface area (Å²) in [6.07, 6.45) is 0. The molecule has 0 atom stereocenters. The summed E-state index contributed by atoms with van der Waals surface area (Å²) in [5, 5.41) is 10.9. The van der Waals surface area contributed by atoms with Gasteiger partial charge in [-0.2, -0.15) is 12.1 Å². The summed E-state index contributed by atoms with van der Waals surface area (Å²) in [5.74, 6) is 0. The van der Waals surface area contributed by atoms with Gasteiger partial charge in [0.15, 0.2) is 0 Å². The number of hydrogen-bond acceptors (Lipinski definition) is 0. The smallest absolute Gasteiger partial charge is 0.147 e. The molecule has 0 saturated carbocycles. The number of rotatable bonds is 0. The van der Waals surface area contributed by atoms with Gasteiger partial charge in [-0.1, -0.05) is 118 Å². The van der Waals surface area contributed by atoms with Crippen LogP contribution in [0.5, 0.6) is 0 Å². The Kier molecular flexibility index (Phi) is 29.2. The van der Waals surface area contributed by atoms with Crippen molar-refractivity contribution < 1.29 is 46.7 Å². The molecule has 8 heteroatoms. The van der Waals surface area contributed by atoms with E-state index in [-0.39, 0.29) is 82.2 Å². The fraction of sp³-hybridized carbons (Fsp3) is 0.357. The Balaban J connectivity index is 0. The number of benzene rings is 4. The zero-order chi connectivity index (χ0) is 45.1. The molecule has 8 rings (SSSR count). The third-order valence-electron chi connectivity index (χ3n) is 9.95. The molecule has 0 nitrogen and oxygen atoms in total. The van der Waals surface area contributed by atoms with Crippen LogP contribution in [-0.2, 0) is 68.3 Å². The molecule has 64 heavy (non-hydrogen) atoms. The second-order valence-corrected chi connectivity index (χ2v) is 39.2. The quantitative estimate of drug-likeness (QED) is 0.105. The molecule has 0 fully saturated rings. The summed E-state index contributed by atoms with van der Waals surface area (Å²) in [6, 6.07) is 52.2. The summed E-state index contributed by atoms with van der Waals surface area (Å²) in [4.78, 5) is 0. The van der Waals surface area contributed by atoms with E-state index in [9.17, 15) is 0 Å². The van der Waals surface area contributed by atoms with Gasteiger partial charge in [-0.05, 0) is 10.8 Å². The predicted octanol–water partition coefficient (Wildman–Crippen LogP) is 18.7. The summed E-state index contributed by atoms with van der Waals surface area (Å²) in [6.45, 7) is 36.3. The monoisotopic (exact) mass is 1120 g/mol. The minimum absolute atomic E-state index is 0. The molecule has 0 aliphatic rings. The van der Waals surface area contributed by atoms with E-state index in [1.807, 2.05) is 0 Å². The van der Waals surface area contributed by atoms with Gasteiger partial charge in [0.05, 0.1) is 0 Å². The van der Waals surface area contributed by atoms with Crippen molar-refractivity contribution in [2.75, 3.05) is 0 Å². The fourth-order valence-electron chi connectivity index (χ4n) is 6.78. The normalized spacial score (nSPS) is 10.8. The molecule has 0 unspecified atom stereocenters. The Morgan fingerprint density at radius 3 is 0.875 bits per heavy atom. The van der Waals surface area contributed by atoms with E-state index in [1.54, 1.807) is 46.7 Å². The Hall–Kier alpha value is -1.32. The van der Waals surface area contributed by atoms with Crippen molar-refractivity contribution in [1.82, 2.24) is 0 Å². The summed E-state index contributed by atoms with van der Waals surface area (Å²) >= 11 is 3.48. The molecule has 344 valence electrons. The van der Waals surface area contributed by atoms with E-state index >= 15 is 0 Å². The van der Waals surface area contributed by atoms with Crippen molar-refractivity contribution in [3.05, 3.63) is 168 Å². The van der Waals surface area contributed by atoms with Crippen LogP contribution in [0.4, 0.5) is 0 Å². The largest absolute Gasteiger partial charge is 0.147 e. The molecule has 0 saturated heterocycles. The van der Waals surface area contributed by atoms with Crippen LogP contribution in [0.3, 0.4) is 0 Å². The summed E-state index contributed by atoms with van der Waals surface area (Å²) in [7, 11) is 0. The van der Waals surface area contributed by atoms with Crippen LogP contribution < -0.4 is 0 Å². The molecule has 0 N–H and O–H groups in total. The van der Waals surface area contributed by atoms with Gasteiger partial charge in [0, 0.05) is 0 Å². The van der Waals surface area contributed by atoms with E-state index in [0.29, 0.717) is 0 Å². The Labute approximate surface area is 444 Å². The van der Waals surface area contributed by atoms with Crippen molar-refractivity contribution in [3.8, 4) is 0 Å². The van der Waals surface area contributed by atoms with Gasteiger partial charge in [0.25, 0.3) is 0 Å². The Morgan fingerprint density at radius 1 is 0.375 bits per heavy atom. The molecule has 0 heterocycles. The van der Waals surface area contributed by atoms with Gasteiger partial charge < -0.3 is 0 Å². The first kappa shape index (κ1) is 64.8. The first-order chi connectivity index (χ1) is 27.8. The second-order valence-electron chi connectivity index (χ2n) is 20.4. The molecular weight excluding hydrogens is 1050 g/mol. The SMILES string of the molecule is CC(C)(C)c1c[cH-]c2ccccc12.CC(C)(C)c1c[cH-]c2ccccc12.CC(C)(C)c1cc2ccccc2[cH-]1.CC(C)(C)c1cc2ccccc2[cH-]1.C[Si](C)=[Zr+2].C[Si](C)=[Zr+2].Cl.Cl.Cl.Cl. The zero-order valence-electron chi connectivity index (χ0n) is 41.5. The van der Waals surface area contributed by atoms with Crippen LogP contribution in [0.1, 0.15) is 105 Å². The van der Waals surface area contributed by atoms with Gasteiger partial charge in [-0.3, -0.25) is 0 Å². The Bertz CT molecular complexity index is 2300. The maximum Gasteiger partial charge on any atom is -0.147 e. The number of hydrogen-bond donors (Lipinski definition) is 0. The summed E-state index contributed by atoms with van der Waals surface area (Å²) < 4.78 is 0. The van der Waals surface area contributed by atoms with Crippen LogP contribution in [0, 0.1) is 0 Å². The Morgan fingerprint density at radius 2 is 0.625 bits per heavy atom. The van der Waals surface area contributed by atoms with E-state index in [2.05, 4.69) is 255 Å². The molecular formula is C56H76Cl4Si2Zr2. The van der Waals surface area contributed by atoms with Crippen LogP contribution in [-0.4, -0.2) is 10.9 Å². The maximum absolute atomic E-state index is 2.31. The van der Waals surface area contributed by atoms with Crippen molar-refractivity contribution in [2.24, 2.45) is 0 Å². The minimum atomic E-state index is 0. The molecule has 0 aliphatic heterocycles. The van der Waals surface area contributed by atoms with Gasteiger partial charge in [-0.15, -0.1) is 224 Å². The van der Waals surface area contributed by atoms with Crippen molar-refractivity contribution in [2.45, 2.75) is 131 Å². The topological polar surface area (TPSA) is 0 Å². The van der Waals surface area contributed by atoms with Crippen LogP contribution in [0.15, 0.2) is 146 Å². The van der Waals surface area contributed by atoms with Crippen molar-refractivity contribution >= 4 is 104 Å². The van der Waals surface area contributed by atoms with Gasteiger partial charge in [0.2, 0.25) is 0 Å². The number of halogens is 4. The summed E-state index contributed by atoms with van der Waals surface area (Å²) in [5.41, 5.74) is 7.20. The fourth-order valence-corrected chi connectivity index (χ4v) is 6.78. The second kappa shape index (κ2) is 28.9. The zero-order valence-corrected chi connectivity index (χ0v) is 51.7. The first-order valence-corrected chi connectivity index (χ1v) is 33.8. The van der Waals surface area contributed by atoms with Crippen LogP contribution in [0.25, 0.3) is 43.1 Å². The molecule has 0 radical (unpaired) electrons. The van der Waals surface area contributed by atoms with Gasteiger partial charge >= 0.3 is 83.7 Å². The van der Waals surface area contributed by atoms with Crippen LogP contribution in [0.2, 0.25) is 26.2 Å². The van der Waals surface area contributed by atoms with E-state index in [4.69, 9.17) is 0 Å². The predicted molar refractivity (Wildman–Crippen MR) is 297 cm³/mol.